The fourth-order valence-electron chi connectivity index (χ4n) is 2.53. The number of rotatable bonds is 3. The van der Waals surface area contributed by atoms with Crippen molar-refractivity contribution >= 4 is 6.29 Å². The van der Waals surface area contributed by atoms with Crippen LogP contribution in [0.2, 0.25) is 0 Å². The first-order valence-electron chi connectivity index (χ1n) is 7.31. The van der Waals surface area contributed by atoms with Crippen molar-refractivity contribution in [1.82, 2.24) is 0 Å². The number of aryl methyl sites for hydroxylation is 1. The molecular formula is C20H13F3O. The van der Waals surface area contributed by atoms with Gasteiger partial charge in [0.2, 0.25) is 0 Å². The molecule has 0 spiro atoms. The topological polar surface area (TPSA) is 17.1 Å². The summed E-state index contributed by atoms with van der Waals surface area (Å²) >= 11 is 0. The second kappa shape index (κ2) is 6.32. The van der Waals surface area contributed by atoms with Crippen LogP contribution in [0, 0.1) is 24.4 Å². The number of carbonyl (C=O) groups excluding carboxylic acids is 1. The lowest BCUT2D eigenvalue weighted by molar-refractivity contribution is 0.111. The molecule has 0 aliphatic rings. The summed E-state index contributed by atoms with van der Waals surface area (Å²) in [5, 5.41) is 0. The predicted molar refractivity (Wildman–Crippen MR) is 87.3 cm³/mol. The monoisotopic (exact) mass is 326 g/mol. The summed E-state index contributed by atoms with van der Waals surface area (Å²) in [4.78, 5) is 10.6. The molecule has 0 N–H and O–H groups in total. The van der Waals surface area contributed by atoms with E-state index in [-0.39, 0.29) is 17.4 Å². The van der Waals surface area contributed by atoms with Crippen LogP contribution in [0.1, 0.15) is 15.9 Å². The maximum atomic E-state index is 14.4. The number of carbonyl (C=O) groups is 1. The molecule has 3 aromatic carbocycles. The summed E-state index contributed by atoms with van der Waals surface area (Å²) in [6.45, 7) is 1.96. The van der Waals surface area contributed by atoms with E-state index in [1.807, 2.05) is 31.2 Å². The van der Waals surface area contributed by atoms with Gasteiger partial charge in [-0.3, -0.25) is 4.79 Å². The summed E-state index contributed by atoms with van der Waals surface area (Å²) in [6.07, 6.45) is 0.102. The minimum Gasteiger partial charge on any atom is -0.298 e. The highest BCUT2D eigenvalue weighted by Crippen LogP contribution is 2.30. The minimum absolute atomic E-state index is 0.0450. The largest absolute Gasteiger partial charge is 0.298 e. The molecule has 0 fully saturated rings. The van der Waals surface area contributed by atoms with Gasteiger partial charge >= 0.3 is 0 Å². The lowest BCUT2D eigenvalue weighted by Crippen LogP contribution is -1.96. The molecule has 0 unspecified atom stereocenters. The van der Waals surface area contributed by atoms with Gasteiger partial charge in [0.1, 0.15) is 17.5 Å². The smallest absolute Gasteiger partial charge is 0.155 e. The van der Waals surface area contributed by atoms with Crippen LogP contribution < -0.4 is 0 Å². The van der Waals surface area contributed by atoms with Crippen molar-refractivity contribution in [3.05, 3.63) is 83.2 Å². The third-order valence-corrected chi connectivity index (χ3v) is 3.86. The first kappa shape index (κ1) is 16.0. The Morgan fingerprint density at radius 2 is 1.25 bits per heavy atom. The molecule has 0 aromatic heterocycles. The summed E-state index contributed by atoms with van der Waals surface area (Å²) < 4.78 is 41.9. The van der Waals surface area contributed by atoms with Crippen LogP contribution in [0.25, 0.3) is 22.3 Å². The molecule has 120 valence electrons. The minimum atomic E-state index is -1.01. The van der Waals surface area contributed by atoms with E-state index in [1.165, 1.54) is 12.1 Å². The zero-order chi connectivity index (χ0) is 17.3. The van der Waals surface area contributed by atoms with Crippen LogP contribution in [-0.4, -0.2) is 6.29 Å². The Bertz CT molecular complexity index is 892. The summed E-state index contributed by atoms with van der Waals surface area (Å²) in [7, 11) is 0. The van der Waals surface area contributed by atoms with E-state index < -0.39 is 23.0 Å². The summed E-state index contributed by atoms with van der Waals surface area (Å²) in [5.74, 6) is -2.62. The highest BCUT2D eigenvalue weighted by molar-refractivity contribution is 5.78. The first-order chi connectivity index (χ1) is 11.5. The Morgan fingerprint density at radius 3 is 1.79 bits per heavy atom. The van der Waals surface area contributed by atoms with Crippen molar-refractivity contribution in [2.45, 2.75) is 6.92 Å². The molecular weight excluding hydrogens is 313 g/mol. The van der Waals surface area contributed by atoms with Crippen LogP contribution in [0.4, 0.5) is 13.2 Å². The van der Waals surface area contributed by atoms with Gasteiger partial charge in [0, 0.05) is 5.56 Å². The van der Waals surface area contributed by atoms with Gasteiger partial charge in [0.15, 0.2) is 6.29 Å². The molecule has 0 saturated heterocycles. The van der Waals surface area contributed by atoms with E-state index in [9.17, 15) is 18.0 Å². The average Bonchev–Trinajstić information content (AvgIpc) is 2.55. The molecule has 0 aliphatic carbocycles. The Kier molecular flexibility index (Phi) is 4.21. The molecule has 0 atom stereocenters. The second-order valence-electron chi connectivity index (χ2n) is 5.53. The number of hydrogen-bond donors (Lipinski definition) is 0. The third-order valence-electron chi connectivity index (χ3n) is 3.86. The predicted octanol–water partition coefficient (Wildman–Crippen LogP) is 5.56. The molecule has 0 aliphatic heterocycles. The zero-order valence-corrected chi connectivity index (χ0v) is 12.8. The normalized spacial score (nSPS) is 10.7. The standard InChI is InChI=1S/C20H13F3O/c1-12-2-4-13(5-3-12)14-6-7-16(18(21)8-14)15-9-19(22)17(11-24)20(23)10-15/h2-11H,1H3. The maximum absolute atomic E-state index is 14.4. The molecule has 0 radical (unpaired) electrons. The Hall–Kier alpha value is -2.88. The Labute approximate surface area is 137 Å². The number of benzene rings is 3. The van der Waals surface area contributed by atoms with Gasteiger partial charge < -0.3 is 0 Å². The third kappa shape index (κ3) is 2.95. The van der Waals surface area contributed by atoms with Crippen molar-refractivity contribution < 1.29 is 18.0 Å². The Morgan fingerprint density at radius 1 is 0.708 bits per heavy atom. The summed E-state index contributed by atoms with van der Waals surface area (Å²) in [6, 6.07) is 14.0. The van der Waals surface area contributed by atoms with Crippen LogP contribution in [0.5, 0.6) is 0 Å². The van der Waals surface area contributed by atoms with Crippen LogP contribution in [-0.2, 0) is 0 Å². The molecule has 3 aromatic rings. The number of halogens is 3. The number of aldehydes is 1. The van der Waals surface area contributed by atoms with Crippen molar-refractivity contribution in [2.75, 3.05) is 0 Å². The van der Waals surface area contributed by atoms with Crippen LogP contribution >= 0.6 is 0 Å². The lowest BCUT2D eigenvalue weighted by atomic mass is 9.98. The lowest BCUT2D eigenvalue weighted by Gasteiger charge is -2.09. The maximum Gasteiger partial charge on any atom is 0.155 e. The average molecular weight is 326 g/mol. The Balaban J connectivity index is 2.04. The van der Waals surface area contributed by atoms with Gasteiger partial charge in [-0.05, 0) is 41.8 Å². The number of hydrogen-bond acceptors (Lipinski definition) is 1. The van der Waals surface area contributed by atoms with Gasteiger partial charge in [-0.25, -0.2) is 13.2 Å². The van der Waals surface area contributed by atoms with Crippen molar-refractivity contribution in [1.29, 1.82) is 0 Å². The molecule has 24 heavy (non-hydrogen) atoms. The highest BCUT2D eigenvalue weighted by atomic mass is 19.1. The van der Waals surface area contributed by atoms with Gasteiger partial charge in [0.05, 0.1) is 5.56 Å². The summed E-state index contributed by atoms with van der Waals surface area (Å²) in [5.41, 5.74) is 2.07. The van der Waals surface area contributed by atoms with Gasteiger partial charge in [-0.15, -0.1) is 0 Å². The molecule has 0 saturated carbocycles. The molecule has 1 nitrogen and oxygen atoms in total. The van der Waals surface area contributed by atoms with E-state index in [4.69, 9.17) is 0 Å². The zero-order valence-electron chi connectivity index (χ0n) is 12.8. The van der Waals surface area contributed by atoms with Crippen LogP contribution in [0.3, 0.4) is 0 Å². The van der Waals surface area contributed by atoms with Crippen molar-refractivity contribution in [3.8, 4) is 22.3 Å². The van der Waals surface area contributed by atoms with Crippen LogP contribution in [0.15, 0.2) is 54.6 Å². The SMILES string of the molecule is Cc1ccc(-c2ccc(-c3cc(F)c(C=O)c(F)c3)c(F)c2)cc1. The molecule has 0 amide bonds. The van der Waals surface area contributed by atoms with E-state index in [0.717, 1.165) is 23.3 Å². The van der Waals surface area contributed by atoms with E-state index in [0.29, 0.717) is 5.56 Å². The van der Waals surface area contributed by atoms with Gasteiger partial charge in [-0.2, -0.15) is 0 Å². The van der Waals surface area contributed by atoms with E-state index in [1.54, 1.807) is 6.07 Å². The fourth-order valence-corrected chi connectivity index (χ4v) is 2.53. The molecule has 4 heteroatoms. The molecule has 0 heterocycles. The fraction of sp³-hybridized carbons (Fsp3) is 0.0500. The highest BCUT2D eigenvalue weighted by Gasteiger charge is 2.14. The van der Waals surface area contributed by atoms with Crippen molar-refractivity contribution in [2.24, 2.45) is 0 Å². The van der Waals surface area contributed by atoms with Gasteiger partial charge in [-0.1, -0.05) is 42.0 Å². The van der Waals surface area contributed by atoms with Gasteiger partial charge in [0.25, 0.3) is 0 Å². The quantitative estimate of drug-likeness (QED) is 0.576. The second-order valence-corrected chi connectivity index (χ2v) is 5.53. The molecule has 3 rings (SSSR count). The van der Waals surface area contributed by atoms with E-state index >= 15 is 0 Å². The van der Waals surface area contributed by atoms with Crippen molar-refractivity contribution in [3.63, 3.8) is 0 Å². The van der Waals surface area contributed by atoms with E-state index in [2.05, 4.69) is 0 Å². The first-order valence-corrected chi connectivity index (χ1v) is 7.31. The molecule has 0 bridgehead atoms.